The van der Waals surface area contributed by atoms with Gasteiger partial charge in [-0.25, -0.2) is 19.9 Å². The number of hydrogen-bond donors (Lipinski definition) is 1. The quantitative estimate of drug-likeness (QED) is 0.819. The summed E-state index contributed by atoms with van der Waals surface area (Å²) in [5.41, 5.74) is 0.896. The van der Waals surface area contributed by atoms with Gasteiger partial charge in [0.15, 0.2) is 0 Å². The predicted octanol–water partition coefficient (Wildman–Crippen LogP) is 0.887. The normalized spacial score (nSPS) is 9.81. The van der Waals surface area contributed by atoms with Crippen molar-refractivity contribution >= 4 is 5.82 Å². The van der Waals surface area contributed by atoms with Crippen LogP contribution in [0.3, 0.4) is 0 Å². The minimum Gasteiger partial charge on any atom is -0.481 e. The number of aromatic nitrogens is 4. The van der Waals surface area contributed by atoms with Crippen LogP contribution in [0.15, 0.2) is 31.0 Å². The van der Waals surface area contributed by atoms with Gasteiger partial charge in [0.2, 0.25) is 5.88 Å². The molecule has 0 fully saturated rings. The zero-order valence-electron chi connectivity index (χ0n) is 8.79. The first-order valence-corrected chi connectivity index (χ1v) is 4.73. The van der Waals surface area contributed by atoms with Crippen molar-refractivity contribution in [1.29, 1.82) is 0 Å². The largest absolute Gasteiger partial charge is 0.481 e. The van der Waals surface area contributed by atoms with Crippen molar-refractivity contribution in [3.63, 3.8) is 0 Å². The molecule has 0 unspecified atom stereocenters. The van der Waals surface area contributed by atoms with Gasteiger partial charge in [-0.1, -0.05) is 0 Å². The fourth-order valence-corrected chi connectivity index (χ4v) is 1.15. The monoisotopic (exact) mass is 217 g/mol. The number of anilines is 1. The molecule has 2 aromatic heterocycles. The molecular formula is C10H11N5O. The standard InChI is InChI=1S/C10H11N5O/c1-16-10-4-9(14-7-15-10)12-5-8-2-3-11-6-13-8/h2-4,6-7H,5H2,1H3,(H,12,14,15). The average molecular weight is 217 g/mol. The van der Waals surface area contributed by atoms with E-state index in [2.05, 4.69) is 25.3 Å². The highest BCUT2D eigenvalue weighted by molar-refractivity contribution is 5.37. The molecule has 0 aliphatic rings. The van der Waals surface area contributed by atoms with E-state index in [1.807, 2.05) is 6.07 Å². The smallest absolute Gasteiger partial charge is 0.218 e. The Hall–Kier alpha value is -2.24. The third kappa shape index (κ3) is 2.63. The van der Waals surface area contributed by atoms with E-state index in [0.717, 1.165) is 5.69 Å². The van der Waals surface area contributed by atoms with Crippen molar-refractivity contribution in [2.24, 2.45) is 0 Å². The molecule has 0 bridgehead atoms. The highest BCUT2D eigenvalue weighted by Crippen LogP contribution is 2.10. The second kappa shape index (κ2) is 5.01. The van der Waals surface area contributed by atoms with Crippen molar-refractivity contribution in [2.45, 2.75) is 6.54 Å². The van der Waals surface area contributed by atoms with E-state index in [4.69, 9.17) is 4.74 Å². The molecule has 0 aromatic carbocycles. The fourth-order valence-electron chi connectivity index (χ4n) is 1.15. The third-order valence-electron chi connectivity index (χ3n) is 1.94. The van der Waals surface area contributed by atoms with Gasteiger partial charge in [0.05, 0.1) is 19.3 Å². The third-order valence-corrected chi connectivity index (χ3v) is 1.94. The molecule has 0 radical (unpaired) electrons. The topological polar surface area (TPSA) is 72.8 Å². The van der Waals surface area contributed by atoms with Crippen molar-refractivity contribution in [3.8, 4) is 5.88 Å². The van der Waals surface area contributed by atoms with Crippen LogP contribution in [0, 0.1) is 0 Å². The summed E-state index contributed by atoms with van der Waals surface area (Å²) < 4.78 is 4.99. The van der Waals surface area contributed by atoms with Crippen LogP contribution in [-0.2, 0) is 6.54 Å². The first-order valence-electron chi connectivity index (χ1n) is 4.73. The summed E-state index contributed by atoms with van der Waals surface area (Å²) >= 11 is 0. The highest BCUT2D eigenvalue weighted by atomic mass is 16.5. The van der Waals surface area contributed by atoms with Crippen LogP contribution in [0.25, 0.3) is 0 Å². The highest BCUT2D eigenvalue weighted by Gasteiger charge is 1.98. The molecule has 82 valence electrons. The molecule has 0 atom stereocenters. The van der Waals surface area contributed by atoms with Gasteiger partial charge in [0.1, 0.15) is 18.5 Å². The first kappa shape index (κ1) is 10.3. The van der Waals surface area contributed by atoms with Gasteiger partial charge in [-0.3, -0.25) is 0 Å². The van der Waals surface area contributed by atoms with Crippen molar-refractivity contribution in [1.82, 2.24) is 19.9 Å². The van der Waals surface area contributed by atoms with Crippen molar-refractivity contribution < 1.29 is 4.74 Å². The van der Waals surface area contributed by atoms with Gasteiger partial charge in [0, 0.05) is 12.3 Å². The molecule has 0 spiro atoms. The number of nitrogens with one attached hydrogen (secondary N) is 1. The lowest BCUT2D eigenvalue weighted by molar-refractivity contribution is 0.397. The van der Waals surface area contributed by atoms with E-state index < -0.39 is 0 Å². The minimum atomic E-state index is 0.528. The summed E-state index contributed by atoms with van der Waals surface area (Å²) in [7, 11) is 1.57. The molecule has 6 nitrogen and oxygen atoms in total. The maximum Gasteiger partial charge on any atom is 0.218 e. The van der Waals surface area contributed by atoms with E-state index in [0.29, 0.717) is 18.2 Å². The lowest BCUT2D eigenvalue weighted by Gasteiger charge is -2.05. The van der Waals surface area contributed by atoms with Crippen LogP contribution in [0.1, 0.15) is 5.69 Å². The molecule has 0 amide bonds. The summed E-state index contributed by atoms with van der Waals surface area (Å²) in [6.07, 6.45) is 4.66. The number of methoxy groups -OCH3 is 1. The summed E-state index contributed by atoms with van der Waals surface area (Å²) in [6.45, 7) is 0.586. The summed E-state index contributed by atoms with van der Waals surface area (Å²) in [5, 5.41) is 3.11. The SMILES string of the molecule is COc1cc(NCc2ccncn2)ncn1. The van der Waals surface area contributed by atoms with Gasteiger partial charge in [-0.15, -0.1) is 0 Å². The second-order valence-corrected chi connectivity index (χ2v) is 3.00. The molecule has 1 N–H and O–H groups in total. The van der Waals surface area contributed by atoms with Crippen LogP contribution < -0.4 is 10.1 Å². The van der Waals surface area contributed by atoms with E-state index >= 15 is 0 Å². The Balaban J connectivity index is 1.99. The molecule has 6 heteroatoms. The minimum absolute atomic E-state index is 0.528. The maximum absolute atomic E-state index is 4.99. The van der Waals surface area contributed by atoms with Crippen molar-refractivity contribution in [3.05, 3.63) is 36.7 Å². The van der Waals surface area contributed by atoms with Crippen LogP contribution >= 0.6 is 0 Å². The number of hydrogen-bond acceptors (Lipinski definition) is 6. The lowest BCUT2D eigenvalue weighted by atomic mass is 10.4. The molecule has 0 saturated heterocycles. The Morgan fingerprint density at radius 1 is 1.25 bits per heavy atom. The van der Waals surface area contributed by atoms with E-state index in [9.17, 15) is 0 Å². The molecule has 0 saturated carbocycles. The molecular weight excluding hydrogens is 206 g/mol. The number of nitrogens with zero attached hydrogens (tertiary/aromatic N) is 4. The summed E-state index contributed by atoms with van der Waals surface area (Å²) in [5.74, 6) is 1.23. The number of ether oxygens (including phenoxy) is 1. The van der Waals surface area contributed by atoms with Crippen LogP contribution in [-0.4, -0.2) is 27.0 Å². The first-order chi connectivity index (χ1) is 7.88. The second-order valence-electron chi connectivity index (χ2n) is 3.00. The molecule has 2 aromatic rings. The molecule has 16 heavy (non-hydrogen) atoms. The molecule has 2 heterocycles. The Morgan fingerprint density at radius 2 is 2.19 bits per heavy atom. The predicted molar refractivity (Wildman–Crippen MR) is 57.9 cm³/mol. The van der Waals surface area contributed by atoms with Gasteiger partial charge < -0.3 is 10.1 Å². The van der Waals surface area contributed by atoms with E-state index in [1.54, 1.807) is 19.4 Å². The van der Waals surface area contributed by atoms with Crippen LogP contribution in [0.2, 0.25) is 0 Å². The van der Waals surface area contributed by atoms with Gasteiger partial charge in [0.25, 0.3) is 0 Å². The Kier molecular flexibility index (Phi) is 3.22. The zero-order valence-corrected chi connectivity index (χ0v) is 8.79. The van der Waals surface area contributed by atoms with Gasteiger partial charge in [-0.05, 0) is 6.07 Å². The maximum atomic E-state index is 4.99. The molecule has 2 rings (SSSR count). The van der Waals surface area contributed by atoms with E-state index in [1.165, 1.54) is 12.7 Å². The molecule has 0 aliphatic carbocycles. The summed E-state index contributed by atoms with van der Waals surface area (Å²) in [4.78, 5) is 15.9. The van der Waals surface area contributed by atoms with Crippen molar-refractivity contribution in [2.75, 3.05) is 12.4 Å². The Bertz CT molecular complexity index is 448. The van der Waals surface area contributed by atoms with Crippen LogP contribution in [0.4, 0.5) is 5.82 Å². The van der Waals surface area contributed by atoms with Crippen LogP contribution in [0.5, 0.6) is 5.88 Å². The van der Waals surface area contributed by atoms with E-state index in [-0.39, 0.29) is 0 Å². The fraction of sp³-hybridized carbons (Fsp3) is 0.200. The zero-order chi connectivity index (χ0) is 11.2. The summed E-state index contributed by atoms with van der Waals surface area (Å²) in [6, 6.07) is 3.56. The lowest BCUT2D eigenvalue weighted by Crippen LogP contribution is -2.03. The number of rotatable bonds is 4. The molecule has 0 aliphatic heterocycles. The van der Waals surface area contributed by atoms with Gasteiger partial charge >= 0.3 is 0 Å². The Morgan fingerprint density at radius 3 is 2.94 bits per heavy atom. The Labute approximate surface area is 92.8 Å². The average Bonchev–Trinajstić information content (AvgIpc) is 2.38. The van der Waals surface area contributed by atoms with Gasteiger partial charge in [-0.2, -0.15) is 0 Å².